The van der Waals surface area contributed by atoms with Crippen molar-refractivity contribution in [2.45, 2.75) is 33.3 Å². The van der Waals surface area contributed by atoms with Crippen LogP contribution in [0, 0.1) is 13.0 Å². The Kier molecular flexibility index (Phi) is 2.78. The fourth-order valence-corrected chi connectivity index (χ4v) is 0.781. The summed E-state index contributed by atoms with van der Waals surface area (Å²) in [6, 6.07) is 2.70. The molecule has 0 bridgehead atoms. The van der Waals surface area contributed by atoms with E-state index >= 15 is 0 Å². The van der Waals surface area contributed by atoms with Gasteiger partial charge in [0.05, 0.1) is 6.07 Å². The second kappa shape index (κ2) is 3.69. The van der Waals surface area contributed by atoms with Crippen molar-refractivity contribution in [1.29, 1.82) is 0 Å². The standard InChI is InChI=1S/C9H13N2O3/c1-6-5-7(11-14-6)10-8(12)13-9(2,3)4/h1-4H3,(H,10,11,12). The molecule has 0 atom stereocenters. The van der Waals surface area contributed by atoms with Gasteiger partial charge in [0.2, 0.25) is 0 Å². The van der Waals surface area contributed by atoms with Crippen molar-refractivity contribution in [2.75, 3.05) is 5.32 Å². The molecule has 1 N–H and O–H groups in total. The molecule has 77 valence electrons. The number of rotatable bonds is 1. The number of nitrogens with zero attached hydrogens (tertiary/aromatic N) is 1. The molecule has 5 nitrogen and oxygen atoms in total. The van der Waals surface area contributed by atoms with E-state index in [1.54, 1.807) is 27.7 Å². The Hall–Kier alpha value is -1.52. The SMILES string of the molecule is Cc1[c]c(NC(=O)OC(C)(C)C)no1. The van der Waals surface area contributed by atoms with Gasteiger partial charge in [0, 0.05) is 0 Å². The fourth-order valence-electron chi connectivity index (χ4n) is 0.781. The van der Waals surface area contributed by atoms with Gasteiger partial charge in [-0.3, -0.25) is 5.32 Å². The number of aryl methyl sites for hydroxylation is 1. The summed E-state index contributed by atoms with van der Waals surface area (Å²) in [5, 5.41) is 5.94. The average Bonchev–Trinajstić information content (AvgIpc) is 2.30. The lowest BCUT2D eigenvalue weighted by Gasteiger charge is -2.18. The van der Waals surface area contributed by atoms with Crippen molar-refractivity contribution in [3.05, 3.63) is 11.8 Å². The Morgan fingerprint density at radius 1 is 1.57 bits per heavy atom. The zero-order chi connectivity index (χ0) is 10.8. The third kappa shape index (κ3) is 3.47. The number of carbonyl (C=O) groups excluding carboxylic acids is 1. The third-order valence-electron chi connectivity index (χ3n) is 1.19. The van der Waals surface area contributed by atoms with Gasteiger partial charge in [-0.2, -0.15) is 0 Å². The van der Waals surface area contributed by atoms with Gasteiger partial charge in [0.25, 0.3) is 0 Å². The van der Waals surface area contributed by atoms with Crippen molar-refractivity contribution in [3.63, 3.8) is 0 Å². The zero-order valence-electron chi connectivity index (χ0n) is 8.67. The Morgan fingerprint density at radius 2 is 2.21 bits per heavy atom. The van der Waals surface area contributed by atoms with Crippen molar-refractivity contribution in [3.8, 4) is 0 Å². The van der Waals surface area contributed by atoms with Crippen LogP contribution in [0.4, 0.5) is 10.6 Å². The lowest BCUT2D eigenvalue weighted by Crippen LogP contribution is -2.27. The van der Waals surface area contributed by atoms with E-state index in [9.17, 15) is 4.79 Å². The number of aromatic nitrogens is 1. The van der Waals surface area contributed by atoms with Gasteiger partial charge in [-0.15, -0.1) is 0 Å². The molecule has 5 heteroatoms. The number of hydrogen-bond acceptors (Lipinski definition) is 4. The highest BCUT2D eigenvalue weighted by Crippen LogP contribution is 2.10. The predicted molar refractivity (Wildman–Crippen MR) is 49.9 cm³/mol. The molecule has 14 heavy (non-hydrogen) atoms. The summed E-state index contributed by atoms with van der Waals surface area (Å²) in [6.45, 7) is 7.03. The molecule has 1 aromatic heterocycles. The summed E-state index contributed by atoms with van der Waals surface area (Å²) < 4.78 is 9.72. The van der Waals surface area contributed by atoms with Crippen LogP contribution in [0.1, 0.15) is 26.5 Å². The molecule has 1 rings (SSSR count). The van der Waals surface area contributed by atoms with Crippen molar-refractivity contribution >= 4 is 11.9 Å². The summed E-state index contributed by atoms with van der Waals surface area (Å²) in [5.74, 6) is 0.743. The van der Waals surface area contributed by atoms with Crippen LogP contribution in [0.3, 0.4) is 0 Å². The van der Waals surface area contributed by atoms with E-state index in [-0.39, 0.29) is 5.82 Å². The van der Waals surface area contributed by atoms with Crippen molar-refractivity contribution in [1.82, 2.24) is 5.16 Å². The second-order valence-electron chi connectivity index (χ2n) is 3.84. The summed E-state index contributed by atoms with van der Waals surface area (Å²) in [5.41, 5.74) is -0.525. The topological polar surface area (TPSA) is 64.4 Å². The first kappa shape index (κ1) is 10.6. The Labute approximate surface area is 82.4 Å². The Morgan fingerprint density at radius 3 is 2.64 bits per heavy atom. The Bertz CT molecular complexity index is 325. The fraction of sp³-hybridized carbons (Fsp3) is 0.556. The minimum atomic E-state index is -0.568. The van der Waals surface area contributed by atoms with E-state index < -0.39 is 11.7 Å². The summed E-state index contributed by atoms with van der Waals surface area (Å²) in [4.78, 5) is 11.2. The maximum Gasteiger partial charge on any atom is 0.413 e. The first-order valence-electron chi connectivity index (χ1n) is 4.22. The number of amides is 1. The third-order valence-corrected chi connectivity index (χ3v) is 1.19. The molecule has 1 aromatic rings. The van der Waals surface area contributed by atoms with Crippen LogP contribution in [-0.4, -0.2) is 16.9 Å². The molecule has 0 saturated heterocycles. The van der Waals surface area contributed by atoms with Crippen LogP contribution < -0.4 is 5.32 Å². The largest absolute Gasteiger partial charge is 0.444 e. The van der Waals surface area contributed by atoms with E-state index in [1.165, 1.54) is 0 Å². The van der Waals surface area contributed by atoms with Crippen molar-refractivity contribution < 1.29 is 14.1 Å². The van der Waals surface area contributed by atoms with Gasteiger partial charge in [-0.1, -0.05) is 5.16 Å². The van der Waals surface area contributed by atoms with Crippen molar-refractivity contribution in [2.24, 2.45) is 0 Å². The predicted octanol–water partition coefficient (Wildman–Crippen LogP) is 2.13. The van der Waals surface area contributed by atoms with Gasteiger partial charge >= 0.3 is 6.09 Å². The second-order valence-corrected chi connectivity index (χ2v) is 3.84. The van der Waals surface area contributed by atoms with Crippen LogP contribution in [0.25, 0.3) is 0 Å². The number of nitrogens with one attached hydrogen (secondary N) is 1. The number of hydrogen-bond donors (Lipinski definition) is 1. The minimum Gasteiger partial charge on any atom is -0.444 e. The molecule has 0 aliphatic carbocycles. The summed E-state index contributed by atoms with van der Waals surface area (Å²) >= 11 is 0. The van der Waals surface area contributed by atoms with E-state index in [1.807, 2.05) is 0 Å². The van der Waals surface area contributed by atoms with Crippen LogP contribution >= 0.6 is 0 Å². The highest BCUT2D eigenvalue weighted by molar-refractivity contribution is 5.83. The van der Waals surface area contributed by atoms with Crippen LogP contribution in [-0.2, 0) is 4.74 Å². The van der Waals surface area contributed by atoms with Gasteiger partial charge in [0.15, 0.2) is 5.82 Å². The lowest BCUT2D eigenvalue weighted by molar-refractivity contribution is 0.0634. The van der Waals surface area contributed by atoms with E-state index in [2.05, 4.69) is 16.5 Å². The first-order chi connectivity index (χ1) is 6.37. The molecule has 1 heterocycles. The maximum atomic E-state index is 11.2. The molecular formula is C9H13N2O3. The molecule has 0 aliphatic heterocycles. The number of anilines is 1. The molecule has 0 unspecified atom stereocenters. The Balaban J connectivity index is 2.50. The van der Waals surface area contributed by atoms with Crippen LogP contribution in [0.5, 0.6) is 0 Å². The van der Waals surface area contributed by atoms with Crippen LogP contribution in [0.15, 0.2) is 4.52 Å². The molecular weight excluding hydrogens is 184 g/mol. The van der Waals surface area contributed by atoms with E-state index in [0.29, 0.717) is 5.76 Å². The van der Waals surface area contributed by atoms with E-state index in [4.69, 9.17) is 9.26 Å². The molecule has 0 fully saturated rings. The normalized spacial score (nSPS) is 11.1. The first-order valence-corrected chi connectivity index (χ1v) is 4.22. The molecule has 0 saturated carbocycles. The minimum absolute atomic E-state index is 0.233. The maximum absolute atomic E-state index is 11.2. The quantitative estimate of drug-likeness (QED) is 0.749. The summed E-state index contributed by atoms with van der Waals surface area (Å²) in [6.07, 6.45) is -0.568. The average molecular weight is 197 g/mol. The summed E-state index contributed by atoms with van der Waals surface area (Å²) in [7, 11) is 0. The number of carbonyl (C=O) groups is 1. The molecule has 0 aromatic carbocycles. The highest BCUT2D eigenvalue weighted by atomic mass is 16.6. The smallest absolute Gasteiger partial charge is 0.413 e. The molecule has 1 amide bonds. The molecule has 1 radical (unpaired) electrons. The van der Waals surface area contributed by atoms with E-state index in [0.717, 1.165) is 0 Å². The zero-order valence-corrected chi connectivity index (χ0v) is 8.67. The van der Waals surface area contributed by atoms with Crippen LogP contribution in [0.2, 0.25) is 0 Å². The van der Waals surface area contributed by atoms with Gasteiger partial charge in [-0.05, 0) is 27.7 Å². The van der Waals surface area contributed by atoms with Gasteiger partial charge < -0.3 is 9.26 Å². The monoisotopic (exact) mass is 197 g/mol. The van der Waals surface area contributed by atoms with Gasteiger partial charge in [-0.25, -0.2) is 4.79 Å². The van der Waals surface area contributed by atoms with Gasteiger partial charge in [0.1, 0.15) is 11.4 Å². The highest BCUT2D eigenvalue weighted by Gasteiger charge is 2.17. The lowest BCUT2D eigenvalue weighted by atomic mass is 10.2. The molecule has 0 aliphatic rings. The number of ether oxygens (including phenoxy) is 1. The molecule has 0 spiro atoms.